The number of ether oxygens (including phenoxy) is 1. The summed E-state index contributed by atoms with van der Waals surface area (Å²) in [4.78, 5) is 0.643. The van der Waals surface area contributed by atoms with Crippen LogP contribution in [0.2, 0.25) is 0 Å². The Morgan fingerprint density at radius 1 is 1.45 bits per heavy atom. The molecule has 0 saturated heterocycles. The molecule has 0 aromatic rings. The van der Waals surface area contributed by atoms with Gasteiger partial charge in [-0.2, -0.15) is 0 Å². The fraction of sp³-hybridized carbons (Fsp3) is 1.00. The molecule has 2 atom stereocenters. The first kappa shape index (κ1) is 11.4. The van der Waals surface area contributed by atoms with E-state index in [0.29, 0.717) is 4.83 Å². The first-order chi connectivity index (χ1) is 5.22. The minimum atomic E-state index is 0.643. The van der Waals surface area contributed by atoms with Gasteiger partial charge < -0.3 is 4.74 Å². The molecular weight excluding hydrogens is 204 g/mol. The van der Waals surface area contributed by atoms with Gasteiger partial charge in [0.1, 0.15) is 0 Å². The number of halogens is 1. The summed E-state index contributed by atoms with van der Waals surface area (Å²) in [5, 5.41) is 0. The SMILES string of the molecule is CCC(CCCOC)C(C)Br. The molecule has 0 rings (SSSR count). The summed E-state index contributed by atoms with van der Waals surface area (Å²) in [5.74, 6) is 0.810. The summed E-state index contributed by atoms with van der Waals surface area (Å²) in [6.07, 6.45) is 3.72. The van der Waals surface area contributed by atoms with E-state index >= 15 is 0 Å². The molecule has 0 aliphatic carbocycles. The average Bonchev–Trinajstić information content (AvgIpc) is 1.97. The quantitative estimate of drug-likeness (QED) is 0.496. The van der Waals surface area contributed by atoms with E-state index in [-0.39, 0.29) is 0 Å². The molecule has 2 heteroatoms. The number of rotatable bonds is 6. The van der Waals surface area contributed by atoms with Crippen LogP contribution in [0.15, 0.2) is 0 Å². The van der Waals surface area contributed by atoms with Crippen molar-refractivity contribution in [1.82, 2.24) is 0 Å². The monoisotopic (exact) mass is 222 g/mol. The van der Waals surface area contributed by atoms with Crippen LogP contribution in [0.5, 0.6) is 0 Å². The molecule has 0 bridgehead atoms. The van der Waals surface area contributed by atoms with Crippen LogP contribution in [0.25, 0.3) is 0 Å². The second kappa shape index (κ2) is 7.11. The zero-order valence-corrected chi connectivity index (χ0v) is 9.36. The smallest absolute Gasteiger partial charge is 0.0462 e. The standard InChI is InChI=1S/C9H19BrO/c1-4-9(8(2)10)6-5-7-11-3/h8-9H,4-7H2,1-3H3. The van der Waals surface area contributed by atoms with Gasteiger partial charge >= 0.3 is 0 Å². The van der Waals surface area contributed by atoms with Crippen molar-refractivity contribution >= 4 is 15.9 Å². The fourth-order valence-corrected chi connectivity index (χ4v) is 1.89. The van der Waals surface area contributed by atoms with E-state index in [2.05, 4.69) is 29.8 Å². The Labute approximate surface area is 78.6 Å². The van der Waals surface area contributed by atoms with Gasteiger partial charge in [-0.1, -0.05) is 36.2 Å². The molecule has 0 N–H and O–H groups in total. The molecule has 0 amide bonds. The lowest BCUT2D eigenvalue weighted by atomic mass is 9.98. The Morgan fingerprint density at radius 3 is 2.45 bits per heavy atom. The van der Waals surface area contributed by atoms with Gasteiger partial charge in [-0.05, 0) is 18.8 Å². The van der Waals surface area contributed by atoms with Crippen molar-refractivity contribution < 1.29 is 4.74 Å². The Kier molecular flexibility index (Phi) is 7.39. The lowest BCUT2D eigenvalue weighted by molar-refractivity contribution is 0.186. The molecule has 0 aromatic heterocycles. The maximum Gasteiger partial charge on any atom is 0.0462 e. The summed E-state index contributed by atoms with van der Waals surface area (Å²) in [6, 6.07) is 0. The maximum absolute atomic E-state index is 5.00. The topological polar surface area (TPSA) is 9.23 Å². The minimum Gasteiger partial charge on any atom is -0.385 e. The fourth-order valence-electron chi connectivity index (χ4n) is 1.25. The highest BCUT2D eigenvalue weighted by Crippen LogP contribution is 2.21. The van der Waals surface area contributed by atoms with E-state index in [1.807, 2.05) is 0 Å². The van der Waals surface area contributed by atoms with Crippen molar-refractivity contribution in [3.63, 3.8) is 0 Å². The Morgan fingerprint density at radius 2 is 2.09 bits per heavy atom. The van der Waals surface area contributed by atoms with E-state index < -0.39 is 0 Å². The Bertz CT molecular complexity index is 83.6. The van der Waals surface area contributed by atoms with Crippen molar-refractivity contribution in [3.8, 4) is 0 Å². The summed E-state index contributed by atoms with van der Waals surface area (Å²) in [5.41, 5.74) is 0. The zero-order valence-electron chi connectivity index (χ0n) is 7.77. The van der Waals surface area contributed by atoms with Gasteiger partial charge in [-0.25, -0.2) is 0 Å². The number of hydrogen-bond acceptors (Lipinski definition) is 1. The van der Waals surface area contributed by atoms with Gasteiger partial charge in [0.25, 0.3) is 0 Å². The third-order valence-electron chi connectivity index (χ3n) is 2.10. The van der Waals surface area contributed by atoms with Gasteiger partial charge in [0.15, 0.2) is 0 Å². The molecule has 0 aliphatic heterocycles. The molecule has 11 heavy (non-hydrogen) atoms. The van der Waals surface area contributed by atoms with E-state index in [1.165, 1.54) is 19.3 Å². The van der Waals surface area contributed by atoms with Gasteiger partial charge in [0, 0.05) is 18.5 Å². The van der Waals surface area contributed by atoms with Crippen molar-refractivity contribution in [2.45, 2.75) is 37.9 Å². The largest absolute Gasteiger partial charge is 0.385 e. The number of methoxy groups -OCH3 is 1. The summed E-state index contributed by atoms with van der Waals surface area (Å²) < 4.78 is 5.00. The molecule has 0 aromatic carbocycles. The van der Waals surface area contributed by atoms with E-state index in [4.69, 9.17) is 4.74 Å². The van der Waals surface area contributed by atoms with E-state index in [9.17, 15) is 0 Å². The molecule has 0 fully saturated rings. The first-order valence-corrected chi connectivity index (χ1v) is 5.27. The Balaban J connectivity index is 3.36. The average molecular weight is 223 g/mol. The molecule has 0 radical (unpaired) electrons. The highest BCUT2D eigenvalue weighted by atomic mass is 79.9. The van der Waals surface area contributed by atoms with Gasteiger partial charge in [0.2, 0.25) is 0 Å². The maximum atomic E-state index is 5.00. The summed E-state index contributed by atoms with van der Waals surface area (Å²) in [6.45, 7) is 5.37. The van der Waals surface area contributed by atoms with Crippen LogP contribution >= 0.6 is 15.9 Å². The molecule has 0 spiro atoms. The summed E-state index contributed by atoms with van der Waals surface area (Å²) >= 11 is 3.61. The third-order valence-corrected chi connectivity index (χ3v) is 2.84. The molecule has 0 heterocycles. The lowest BCUT2D eigenvalue weighted by Gasteiger charge is -2.16. The van der Waals surface area contributed by atoms with Crippen LogP contribution in [-0.4, -0.2) is 18.5 Å². The van der Waals surface area contributed by atoms with Crippen molar-refractivity contribution in [2.24, 2.45) is 5.92 Å². The molecule has 1 nitrogen and oxygen atoms in total. The number of alkyl halides is 1. The molecule has 0 aliphatic rings. The lowest BCUT2D eigenvalue weighted by Crippen LogP contribution is -2.10. The van der Waals surface area contributed by atoms with Gasteiger partial charge in [-0.15, -0.1) is 0 Å². The van der Waals surface area contributed by atoms with Crippen LogP contribution in [-0.2, 0) is 4.74 Å². The van der Waals surface area contributed by atoms with Crippen molar-refractivity contribution in [3.05, 3.63) is 0 Å². The van der Waals surface area contributed by atoms with E-state index in [1.54, 1.807) is 7.11 Å². The second-order valence-corrected chi connectivity index (χ2v) is 4.43. The molecular formula is C9H19BrO. The second-order valence-electron chi connectivity index (χ2n) is 2.98. The normalized spacial score (nSPS) is 16.4. The highest BCUT2D eigenvalue weighted by Gasteiger charge is 2.10. The highest BCUT2D eigenvalue weighted by molar-refractivity contribution is 9.09. The van der Waals surface area contributed by atoms with Gasteiger partial charge in [-0.3, -0.25) is 0 Å². The predicted molar refractivity (Wildman–Crippen MR) is 53.3 cm³/mol. The van der Waals surface area contributed by atoms with Crippen molar-refractivity contribution in [1.29, 1.82) is 0 Å². The number of hydrogen-bond donors (Lipinski definition) is 0. The third kappa shape index (κ3) is 5.68. The Hall–Kier alpha value is 0.440. The zero-order chi connectivity index (χ0) is 8.69. The van der Waals surface area contributed by atoms with Crippen LogP contribution in [0.3, 0.4) is 0 Å². The minimum absolute atomic E-state index is 0.643. The van der Waals surface area contributed by atoms with Crippen LogP contribution in [0.4, 0.5) is 0 Å². The van der Waals surface area contributed by atoms with Crippen LogP contribution < -0.4 is 0 Å². The predicted octanol–water partition coefficient (Wildman–Crippen LogP) is 3.22. The van der Waals surface area contributed by atoms with E-state index in [0.717, 1.165) is 12.5 Å². The molecule has 2 unspecified atom stereocenters. The van der Waals surface area contributed by atoms with Gasteiger partial charge in [0.05, 0.1) is 0 Å². The van der Waals surface area contributed by atoms with Crippen LogP contribution in [0, 0.1) is 5.92 Å². The first-order valence-electron chi connectivity index (χ1n) is 4.35. The summed E-state index contributed by atoms with van der Waals surface area (Å²) in [7, 11) is 1.76. The molecule has 68 valence electrons. The molecule has 0 saturated carbocycles. The van der Waals surface area contributed by atoms with Crippen molar-refractivity contribution in [2.75, 3.05) is 13.7 Å². The van der Waals surface area contributed by atoms with Crippen LogP contribution in [0.1, 0.15) is 33.1 Å².